The number of benzene rings is 1. The SMILES string of the molecule is O[C@@H](C[C@H]1c2c(F)cccc2-c2cncn21)[C@H]1CC[C@@H](O)CC1. The number of hydrogen-bond acceptors (Lipinski definition) is 3. The van der Waals surface area contributed by atoms with Crippen LogP contribution >= 0.6 is 0 Å². The third-order valence-electron chi connectivity index (χ3n) is 5.41. The molecule has 2 N–H and O–H groups in total. The molecule has 122 valence electrons. The van der Waals surface area contributed by atoms with Gasteiger partial charge in [0.05, 0.1) is 36.5 Å². The lowest BCUT2D eigenvalue weighted by Crippen LogP contribution is -2.29. The van der Waals surface area contributed by atoms with Crippen LogP contribution in [0.1, 0.15) is 43.7 Å². The summed E-state index contributed by atoms with van der Waals surface area (Å²) in [5, 5.41) is 20.3. The molecular weight excluding hydrogens is 295 g/mol. The lowest BCUT2D eigenvalue weighted by atomic mass is 9.81. The van der Waals surface area contributed by atoms with Gasteiger partial charge in [-0.25, -0.2) is 9.37 Å². The number of halogens is 1. The Kier molecular flexibility index (Phi) is 3.70. The van der Waals surface area contributed by atoms with Crippen molar-refractivity contribution in [2.24, 2.45) is 5.92 Å². The Morgan fingerprint density at radius 2 is 2.04 bits per heavy atom. The van der Waals surface area contributed by atoms with E-state index in [1.807, 2.05) is 10.6 Å². The highest BCUT2D eigenvalue weighted by molar-refractivity contribution is 5.69. The van der Waals surface area contributed by atoms with Crippen LogP contribution in [0.15, 0.2) is 30.7 Å². The maximum absolute atomic E-state index is 14.4. The summed E-state index contributed by atoms with van der Waals surface area (Å²) < 4.78 is 16.3. The normalized spacial score (nSPS) is 27.5. The molecule has 0 radical (unpaired) electrons. The van der Waals surface area contributed by atoms with Crippen LogP contribution in [0.25, 0.3) is 11.3 Å². The largest absolute Gasteiger partial charge is 0.393 e. The topological polar surface area (TPSA) is 58.3 Å². The highest BCUT2D eigenvalue weighted by atomic mass is 19.1. The molecule has 4 rings (SSSR count). The fraction of sp³-hybridized carbons (Fsp3) is 0.500. The van der Waals surface area contributed by atoms with Crippen molar-refractivity contribution in [3.8, 4) is 11.3 Å². The van der Waals surface area contributed by atoms with Gasteiger partial charge < -0.3 is 14.8 Å². The van der Waals surface area contributed by atoms with E-state index in [2.05, 4.69) is 4.98 Å². The number of aliphatic hydroxyl groups is 2. The average molecular weight is 316 g/mol. The van der Waals surface area contributed by atoms with Crippen LogP contribution in [0.5, 0.6) is 0 Å². The van der Waals surface area contributed by atoms with E-state index >= 15 is 0 Å². The van der Waals surface area contributed by atoms with Crippen molar-refractivity contribution in [1.82, 2.24) is 9.55 Å². The van der Waals surface area contributed by atoms with E-state index in [9.17, 15) is 14.6 Å². The second-order valence-electron chi connectivity index (χ2n) is 6.77. The van der Waals surface area contributed by atoms with Gasteiger partial charge in [0.25, 0.3) is 0 Å². The molecule has 0 bridgehead atoms. The van der Waals surface area contributed by atoms with Gasteiger partial charge in [-0.05, 0) is 44.1 Å². The van der Waals surface area contributed by atoms with E-state index in [1.54, 1.807) is 18.6 Å². The Hall–Kier alpha value is -1.72. The standard InChI is InChI=1S/C18H21FN2O2/c19-14-3-1-2-13-16-9-20-10-21(16)15(18(13)14)8-17(23)11-4-6-12(22)7-5-11/h1-3,9-12,15,17,22-23H,4-8H2/t11-,12+,15-,17-/m0/s1. The number of hydrogen-bond donors (Lipinski definition) is 2. The van der Waals surface area contributed by atoms with E-state index in [1.165, 1.54) is 6.07 Å². The predicted molar refractivity (Wildman–Crippen MR) is 84.3 cm³/mol. The van der Waals surface area contributed by atoms with Crippen molar-refractivity contribution >= 4 is 0 Å². The second-order valence-corrected chi connectivity index (χ2v) is 6.77. The Labute approximate surface area is 134 Å². The predicted octanol–water partition coefficient (Wildman–Crippen LogP) is 2.89. The molecule has 1 saturated carbocycles. The molecule has 4 nitrogen and oxygen atoms in total. The zero-order valence-electron chi connectivity index (χ0n) is 12.9. The Balaban J connectivity index is 1.60. The summed E-state index contributed by atoms with van der Waals surface area (Å²) in [7, 11) is 0. The molecule has 1 aliphatic carbocycles. The maximum atomic E-state index is 14.4. The van der Waals surface area contributed by atoms with Gasteiger partial charge >= 0.3 is 0 Å². The molecule has 2 aromatic rings. The number of nitrogens with zero attached hydrogens (tertiary/aromatic N) is 2. The summed E-state index contributed by atoms with van der Waals surface area (Å²) in [6.45, 7) is 0. The van der Waals surface area contributed by atoms with Crippen LogP contribution in [0.2, 0.25) is 0 Å². The molecule has 1 aromatic carbocycles. The zero-order valence-corrected chi connectivity index (χ0v) is 12.9. The van der Waals surface area contributed by atoms with Crippen molar-refractivity contribution in [2.75, 3.05) is 0 Å². The van der Waals surface area contributed by atoms with Crippen molar-refractivity contribution in [3.63, 3.8) is 0 Å². The van der Waals surface area contributed by atoms with E-state index < -0.39 is 6.10 Å². The van der Waals surface area contributed by atoms with Crippen molar-refractivity contribution in [3.05, 3.63) is 42.1 Å². The van der Waals surface area contributed by atoms with Crippen LogP contribution in [0.4, 0.5) is 4.39 Å². The smallest absolute Gasteiger partial charge is 0.129 e. The summed E-state index contributed by atoms with van der Waals surface area (Å²) >= 11 is 0. The van der Waals surface area contributed by atoms with Gasteiger partial charge in [-0.1, -0.05) is 12.1 Å². The number of rotatable bonds is 3. The molecule has 2 atom stereocenters. The third-order valence-corrected chi connectivity index (χ3v) is 5.41. The molecule has 2 aliphatic rings. The van der Waals surface area contributed by atoms with Gasteiger partial charge in [0.15, 0.2) is 0 Å². The van der Waals surface area contributed by atoms with Crippen LogP contribution in [-0.4, -0.2) is 32.0 Å². The minimum atomic E-state index is -0.492. The number of aromatic nitrogens is 2. The van der Waals surface area contributed by atoms with Crippen molar-refractivity contribution in [2.45, 2.75) is 50.4 Å². The fourth-order valence-corrected chi connectivity index (χ4v) is 4.14. The molecule has 0 spiro atoms. The first-order valence-electron chi connectivity index (χ1n) is 8.32. The lowest BCUT2D eigenvalue weighted by molar-refractivity contribution is 0.0328. The van der Waals surface area contributed by atoms with Crippen LogP contribution in [-0.2, 0) is 0 Å². The quantitative estimate of drug-likeness (QED) is 0.915. The summed E-state index contributed by atoms with van der Waals surface area (Å²) in [5.41, 5.74) is 2.45. The number of imidazole rings is 1. The third kappa shape index (κ3) is 2.48. The van der Waals surface area contributed by atoms with Gasteiger partial charge in [0.1, 0.15) is 5.82 Å². The van der Waals surface area contributed by atoms with E-state index in [0.29, 0.717) is 12.0 Å². The van der Waals surface area contributed by atoms with Gasteiger partial charge in [-0.15, -0.1) is 0 Å². The summed E-state index contributed by atoms with van der Waals surface area (Å²) in [4.78, 5) is 4.18. The van der Waals surface area contributed by atoms with Crippen LogP contribution < -0.4 is 0 Å². The Bertz CT molecular complexity index is 707. The van der Waals surface area contributed by atoms with E-state index in [-0.39, 0.29) is 23.9 Å². The number of aliphatic hydroxyl groups excluding tert-OH is 2. The monoisotopic (exact) mass is 316 g/mol. The minimum absolute atomic E-state index is 0.182. The van der Waals surface area contributed by atoms with Gasteiger partial charge in [-0.2, -0.15) is 0 Å². The molecule has 0 amide bonds. The molecule has 0 unspecified atom stereocenters. The minimum Gasteiger partial charge on any atom is -0.393 e. The van der Waals surface area contributed by atoms with Gasteiger partial charge in [0, 0.05) is 11.1 Å². The highest BCUT2D eigenvalue weighted by Gasteiger charge is 2.35. The molecule has 23 heavy (non-hydrogen) atoms. The first kappa shape index (κ1) is 14.8. The highest BCUT2D eigenvalue weighted by Crippen LogP contribution is 2.43. The molecule has 5 heteroatoms. The van der Waals surface area contributed by atoms with Crippen LogP contribution in [0.3, 0.4) is 0 Å². The van der Waals surface area contributed by atoms with Crippen molar-refractivity contribution in [1.29, 1.82) is 0 Å². The first-order valence-corrected chi connectivity index (χ1v) is 8.32. The first-order chi connectivity index (χ1) is 11.1. The molecule has 1 fully saturated rings. The molecule has 0 saturated heterocycles. The summed E-state index contributed by atoms with van der Waals surface area (Å²) in [6, 6.07) is 4.91. The number of fused-ring (bicyclic) bond motifs is 3. The second kappa shape index (κ2) is 5.73. The Morgan fingerprint density at radius 1 is 1.26 bits per heavy atom. The lowest BCUT2D eigenvalue weighted by Gasteiger charge is -2.31. The van der Waals surface area contributed by atoms with Gasteiger partial charge in [0.2, 0.25) is 0 Å². The van der Waals surface area contributed by atoms with Crippen molar-refractivity contribution < 1.29 is 14.6 Å². The van der Waals surface area contributed by atoms with Crippen LogP contribution in [0, 0.1) is 11.7 Å². The fourth-order valence-electron chi connectivity index (χ4n) is 4.14. The molecule has 1 aromatic heterocycles. The summed E-state index contributed by atoms with van der Waals surface area (Å²) in [6.07, 6.45) is 6.38. The Morgan fingerprint density at radius 3 is 2.83 bits per heavy atom. The molecule has 2 heterocycles. The molecular formula is C18H21FN2O2. The molecule has 1 aliphatic heterocycles. The van der Waals surface area contributed by atoms with E-state index in [0.717, 1.165) is 36.9 Å². The summed E-state index contributed by atoms with van der Waals surface area (Å²) in [5.74, 6) is -0.0383. The zero-order chi connectivity index (χ0) is 16.0. The average Bonchev–Trinajstić information content (AvgIpc) is 3.12. The van der Waals surface area contributed by atoms with Gasteiger partial charge in [-0.3, -0.25) is 0 Å². The maximum Gasteiger partial charge on any atom is 0.129 e. The van der Waals surface area contributed by atoms with E-state index in [4.69, 9.17) is 0 Å².